The lowest BCUT2D eigenvalue weighted by Gasteiger charge is -2.12. The number of aromatic hydroxyl groups is 1. The van der Waals surface area contributed by atoms with Crippen molar-refractivity contribution in [2.45, 2.75) is 13.1 Å². The van der Waals surface area contributed by atoms with Gasteiger partial charge in [-0.05, 0) is 36.8 Å². The first-order chi connectivity index (χ1) is 10.3. The van der Waals surface area contributed by atoms with Gasteiger partial charge in [0.25, 0.3) is 0 Å². The fraction of sp³-hybridized carbons (Fsp3) is 0.200. The number of pyridine rings is 1. The van der Waals surface area contributed by atoms with Gasteiger partial charge in [0.2, 0.25) is 0 Å². The number of benzene rings is 1. The molecule has 0 fully saturated rings. The Kier molecular flexibility index (Phi) is 4.35. The van der Waals surface area contributed by atoms with Gasteiger partial charge in [0.15, 0.2) is 0 Å². The van der Waals surface area contributed by atoms with Crippen LogP contribution in [0.5, 0.6) is 5.75 Å². The molecule has 0 unspecified atom stereocenters. The second kappa shape index (κ2) is 6.05. The van der Waals surface area contributed by atoms with E-state index in [0.29, 0.717) is 0 Å². The Morgan fingerprint density at radius 2 is 1.91 bits per heavy atom. The van der Waals surface area contributed by atoms with Gasteiger partial charge in [-0.2, -0.15) is 13.2 Å². The van der Waals surface area contributed by atoms with E-state index in [1.165, 1.54) is 18.3 Å². The van der Waals surface area contributed by atoms with Crippen molar-refractivity contribution in [3.05, 3.63) is 47.8 Å². The molecule has 0 saturated heterocycles. The van der Waals surface area contributed by atoms with Gasteiger partial charge < -0.3 is 9.84 Å². The van der Waals surface area contributed by atoms with E-state index in [9.17, 15) is 23.1 Å². The Balaban J connectivity index is 2.58. The van der Waals surface area contributed by atoms with Crippen LogP contribution in [0.1, 0.15) is 22.8 Å². The molecule has 116 valence electrons. The topological polar surface area (TPSA) is 59.4 Å². The molecule has 0 amide bonds. The summed E-state index contributed by atoms with van der Waals surface area (Å²) >= 11 is 0. The minimum absolute atomic E-state index is 0.0537. The van der Waals surface area contributed by atoms with Crippen molar-refractivity contribution in [1.82, 2.24) is 4.98 Å². The van der Waals surface area contributed by atoms with E-state index in [1.807, 2.05) is 0 Å². The molecule has 1 N–H and O–H groups in total. The van der Waals surface area contributed by atoms with Crippen LogP contribution in [0.25, 0.3) is 11.1 Å². The number of carbonyl (C=O) groups is 1. The number of rotatable bonds is 3. The summed E-state index contributed by atoms with van der Waals surface area (Å²) in [4.78, 5) is 15.4. The Morgan fingerprint density at radius 3 is 2.50 bits per heavy atom. The molecular formula is C15H12F3NO3. The summed E-state index contributed by atoms with van der Waals surface area (Å²) in [5.41, 5.74) is -0.815. The Morgan fingerprint density at radius 1 is 1.18 bits per heavy atom. The zero-order chi connectivity index (χ0) is 16.3. The maximum Gasteiger partial charge on any atom is 0.416 e. The molecule has 7 heteroatoms. The number of hydrogen-bond acceptors (Lipinski definition) is 4. The zero-order valence-corrected chi connectivity index (χ0v) is 11.5. The van der Waals surface area contributed by atoms with Crippen molar-refractivity contribution >= 4 is 5.97 Å². The van der Waals surface area contributed by atoms with Gasteiger partial charge in [0.05, 0.1) is 23.9 Å². The minimum Gasteiger partial charge on any atom is -0.506 e. The average Bonchev–Trinajstić information content (AvgIpc) is 2.46. The molecule has 4 nitrogen and oxygen atoms in total. The molecule has 2 rings (SSSR count). The second-order valence-corrected chi connectivity index (χ2v) is 4.45. The fourth-order valence-electron chi connectivity index (χ4n) is 1.88. The van der Waals surface area contributed by atoms with E-state index >= 15 is 0 Å². The fourth-order valence-corrected chi connectivity index (χ4v) is 1.88. The molecule has 1 heterocycles. The van der Waals surface area contributed by atoms with E-state index in [-0.39, 0.29) is 29.0 Å². The Hall–Kier alpha value is -2.57. The van der Waals surface area contributed by atoms with Gasteiger partial charge in [0, 0.05) is 11.8 Å². The smallest absolute Gasteiger partial charge is 0.416 e. The molecule has 1 aromatic heterocycles. The molecule has 1 aromatic carbocycles. The van der Waals surface area contributed by atoms with Gasteiger partial charge >= 0.3 is 12.1 Å². The van der Waals surface area contributed by atoms with E-state index in [1.54, 1.807) is 6.92 Å². The van der Waals surface area contributed by atoms with Crippen LogP contribution in [0.15, 0.2) is 36.7 Å². The number of nitrogens with zero attached hydrogens (tertiary/aromatic N) is 1. The van der Waals surface area contributed by atoms with Crippen LogP contribution in [0.2, 0.25) is 0 Å². The number of halogens is 3. The number of carbonyl (C=O) groups excluding carboxylic acids is 1. The van der Waals surface area contributed by atoms with Crippen LogP contribution in [-0.2, 0) is 10.9 Å². The highest BCUT2D eigenvalue weighted by atomic mass is 19.4. The quantitative estimate of drug-likeness (QED) is 0.879. The van der Waals surface area contributed by atoms with Crippen molar-refractivity contribution in [3.63, 3.8) is 0 Å². The molecule has 0 aliphatic heterocycles. The Labute approximate surface area is 124 Å². The van der Waals surface area contributed by atoms with Crippen molar-refractivity contribution < 1.29 is 27.8 Å². The summed E-state index contributed by atoms with van der Waals surface area (Å²) in [6, 6.07) is 4.15. The molecule has 0 radical (unpaired) electrons. The average molecular weight is 311 g/mol. The van der Waals surface area contributed by atoms with Crippen molar-refractivity contribution in [2.75, 3.05) is 6.61 Å². The zero-order valence-electron chi connectivity index (χ0n) is 11.5. The number of aromatic nitrogens is 1. The maximum absolute atomic E-state index is 13.0. The van der Waals surface area contributed by atoms with Crippen LogP contribution in [-0.4, -0.2) is 22.7 Å². The lowest BCUT2D eigenvalue weighted by Crippen LogP contribution is -2.10. The summed E-state index contributed by atoms with van der Waals surface area (Å²) in [7, 11) is 0. The van der Waals surface area contributed by atoms with E-state index in [0.717, 1.165) is 18.3 Å². The highest BCUT2D eigenvalue weighted by molar-refractivity contribution is 5.91. The lowest BCUT2D eigenvalue weighted by atomic mass is 10.0. The van der Waals surface area contributed by atoms with Gasteiger partial charge in [0.1, 0.15) is 5.75 Å². The van der Waals surface area contributed by atoms with Crippen molar-refractivity contribution in [1.29, 1.82) is 0 Å². The van der Waals surface area contributed by atoms with E-state index in [2.05, 4.69) is 4.98 Å². The molecule has 0 saturated carbocycles. The standard InChI is InChI=1S/C15H12F3NO3/c1-2-22-14(21)10-3-9(4-12(5-10)15(16,17)18)11-6-13(20)8-19-7-11/h3-8,20H,2H2,1H3. The molecule has 0 bridgehead atoms. The van der Waals surface area contributed by atoms with Gasteiger partial charge in [-0.1, -0.05) is 0 Å². The van der Waals surface area contributed by atoms with Crippen molar-refractivity contribution in [3.8, 4) is 16.9 Å². The summed E-state index contributed by atoms with van der Waals surface area (Å²) in [5, 5.41) is 9.39. The number of hydrogen-bond donors (Lipinski definition) is 1. The first-order valence-corrected chi connectivity index (χ1v) is 6.35. The molecule has 0 atom stereocenters. The first kappa shape index (κ1) is 15.8. The van der Waals surface area contributed by atoms with Crippen LogP contribution in [0.4, 0.5) is 13.2 Å². The predicted molar refractivity (Wildman–Crippen MR) is 72.3 cm³/mol. The third-order valence-corrected chi connectivity index (χ3v) is 2.83. The number of esters is 1. The number of alkyl halides is 3. The largest absolute Gasteiger partial charge is 0.506 e. The molecule has 0 spiro atoms. The van der Waals surface area contributed by atoms with Crippen LogP contribution >= 0.6 is 0 Å². The molecule has 0 aliphatic rings. The molecule has 2 aromatic rings. The third kappa shape index (κ3) is 3.55. The predicted octanol–water partition coefficient (Wildman–Crippen LogP) is 3.65. The highest BCUT2D eigenvalue weighted by Gasteiger charge is 2.32. The molecule has 0 aliphatic carbocycles. The first-order valence-electron chi connectivity index (χ1n) is 6.35. The summed E-state index contributed by atoms with van der Waals surface area (Å²) in [5.74, 6) is -1.03. The van der Waals surface area contributed by atoms with Crippen molar-refractivity contribution in [2.24, 2.45) is 0 Å². The minimum atomic E-state index is -4.61. The SMILES string of the molecule is CCOC(=O)c1cc(-c2cncc(O)c2)cc(C(F)(F)F)c1. The molecular weight excluding hydrogens is 299 g/mol. The number of ether oxygens (including phenoxy) is 1. The third-order valence-electron chi connectivity index (χ3n) is 2.83. The monoisotopic (exact) mass is 311 g/mol. The normalized spacial score (nSPS) is 11.3. The summed E-state index contributed by atoms with van der Waals surface area (Å²) in [6.45, 7) is 1.61. The van der Waals surface area contributed by atoms with E-state index in [4.69, 9.17) is 4.74 Å². The Bertz CT molecular complexity index is 699. The molecule has 22 heavy (non-hydrogen) atoms. The van der Waals surface area contributed by atoms with Crippen LogP contribution < -0.4 is 0 Å². The summed E-state index contributed by atoms with van der Waals surface area (Å²) in [6.07, 6.45) is -2.16. The van der Waals surface area contributed by atoms with Gasteiger partial charge in [-0.3, -0.25) is 4.98 Å². The lowest BCUT2D eigenvalue weighted by molar-refractivity contribution is -0.137. The second-order valence-electron chi connectivity index (χ2n) is 4.45. The van der Waals surface area contributed by atoms with Gasteiger partial charge in [-0.25, -0.2) is 4.79 Å². The van der Waals surface area contributed by atoms with Gasteiger partial charge in [-0.15, -0.1) is 0 Å². The van der Waals surface area contributed by atoms with E-state index < -0.39 is 17.7 Å². The highest BCUT2D eigenvalue weighted by Crippen LogP contribution is 2.34. The summed E-state index contributed by atoms with van der Waals surface area (Å²) < 4.78 is 43.7. The van der Waals surface area contributed by atoms with Crippen LogP contribution in [0, 0.1) is 0 Å². The van der Waals surface area contributed by atoms with Crippen LogP contribution in [0.3, 0.4) is 0 Å². The maximum atomic E-state index is 13.0.